The first-order chi connectivity index (χ1) is 31.9. The van der Waals surface area contributed by atoms with Crippen LogP contribution >= 0.6 is 0 Å². The molecule has 0 bridgehead atoms. The van der Waals surface area contributed by atoms with Gasteiger partial charge in [-0.2, -0.15) is 0 Å². The minimum absolute atomic E-state index is 0.0274. The first kappa shape index (κ1) is 41.6. The van der Waals surface area contributed by atoms with E-state index in [-0.39, 0.29) is 28.4 Å². The Morgan fingerprint density at radius 3 is 1.60 bits per heavy atom. The number of para-hydroxylation sites is 2. The lowest BCUT2D eigenvalue weighted by molar-refractivity contribution is 0.590. The molecule has 0 N–H and O–H groups in total. The van der Waals surface area contributed by atoms with Gasteiger partial charge in [-0.3, -0.25) is 0 Å². The molecule has 330 valence electrons. The summed E-state index contributed by atoms with van der Waals surface area (Å²) in [4.78, 5) is 5.20. The van der Waals surface area contributed by atoms with Crippen molar-refractivity contribution >= 4 is 79.2 Å². The molecule has 3 nitrogen and oxygen atoms in total. The van der Waals surface area contributed by atoms with Crippen molar-refractivity contribution in [1.29, 1.82) is 0 Å². The highest BCUT2D eigenvalue weighted by atomic mass is 16.3. The minimum Gasteiger partial charge on any atom is -0.455 e. The van der Waals surface area contributed by atoms with Crippen LogP contribution in [0.3, 0.4) is 0 Å². The first-order valence-electron chi connectivity index (χ1n) is 24.2. The van der Waals surface area contributed by atoms with Gasteiger partial charge in [-0.25, -0.2) is 0 Å². The lowest BCUT2D eigenvalue weighted by atomic mass is 9.33. The lowest BCUT2D eigenvalue weighted by Gasteiger charge is -2.46. The van der Waals surface area contributed by atoms with Gasteiger partial charge in [-0.15, -0.1) is 0 Å². The van der Waals surface area contributed by atoms with Crippen molar-refractivity contribution in [3.05, 3.63) is 186 Å². The Morgan fingerprint density at radius 1 is 0.433 bits per heavy atom. The van der Waals surface area contributed by atoms with E-state index in [1.807, 2.05) is 6.07 Å². The number of hydrogen-bond donors (Lipinski definition) is 0. The highest BCUT2D eigenvalue weighted by molar-refractivity contribution is 7.00. The molecule has 0 saturated carbocycles. The van der Waals surface area contributed by atoms with Crippen molar-refractivity contribution < 1.29 is 4.42 Å². The van der Waals surface area contributed by atoms with E-state index in [2.05, 4.69) is 238 Å². The number of nitrogens with zero attached hydrogens (tertiary/aromatic N) is 2. The molecule has 4 heteroatoms. The van der Waals surface area contributed by atoms with Gasteiger partial charge in [0.2, 0.25) is 0 Å². The predicted octanol–water partition coefficient (Wildman–Crippen LogP) is 15.5. The smallest absolute Gasteiger partial charge is 0.252 e. The Labute approximate surface area is 397 Å². The summed E-state index contributed by atoms with van der Waals surface area (Å²) in [6, 6.07) is 60.1. The summed E-state index contributed by atoms with van der Waals surface area (Å²) in [5.74, 6) is 0. The molecule has 3 aliphatic rings. The lowest BCUT2D eigenvalue weighted by Crippen LogP contribution is -2.61. The molecule has 0 saturated heterocycles. The zero-order chi connectivity index (χ0) is 46.5. The Bertz CT molecular complexity index is 3510. The van der Waals surface area contributed by atoms with Crippen molar-refractivity contribution in [2.75, 3.05) is 9.80 Å². The van der Waals surface area contributed by atoms with E-state index in [4.69, 9.17) is 4.42 Å². The Balaban J connectivity index is 1.12. The molecule has 12 rings (SSSR count). The van der Waals surface area contributed by atoms with Gasteiger partial charge in [0, 0.05) is 55.9 Å². The van der Waals surface area contributed by atoms with Gasteiger partial charge in [0.25, 0.3) is 6.71 Å². The number of furan rings is 1. The fourth-order valence-corrected chi connectivity index (χ4v) is 11.5. The molecule has 0 fully saturated rings. The summed E-state index contributed by atoms with van der Waals surface area (Å²) in [5, 5.41) is 2.29. The summed E-state index contributed by atoms with van der Waals surface area (Å²) >= 11 is 0. The molecule has 3 heterocycles. The maximum atomic E-state index is 6.55. The van der Waals surface area contributed by atoms with E-state index in [1.165, 1.54) is 83.8 Å². The van der Waals surface area contributed by atoms with Gasteiger partial charge < -0.3 is 14.2 Å². The van der Waals surface area contributed by atoms with Crippen LogP contribution in [0.15, 0.2) is 162 Å². The van der Waals surface area contributed by atoms with Crippen LogP contribution in [0.2, 0.25) is 0 Å². The van der Waals surface area contributed by atoms with Crippen LogP contribution in [0.1, 0.15) is 104 Å². The third kappa shape index (κ3) is 6.25. The zero-order valence-corrected chi connectivity index (χ0v) is 40.9. The van der Waals surface area contributed by atoms with Crippen molar-refractivity contribution in [3.8, 4) is 22.3 Å². The van der Waals surface area contributed by atoms with Crippen molar-refractivity contribution in [2.45, 2.75) is 97.8 Å². The number of fused-ring (bicyclic) bond motifs is 10. The molecule has 1 aliphatic carbocycles. The summed E-state index contributed by atoms with van der Waals surface area (Å²) in [5.41, 5.74) is 24.5. The standard InChI is InChI=1S/C63H59BN2O/c1-60(2,3)39-25-31-51-53(33-39)65(42-27-23-38(24-28-42)44-19-16-20-48-47-18-13-15-22-57(47)67-59(44)48)55-35-41(62(7,8)9)36-56-58(55)64(51)52-32-26-40(61(4,5)6)34-54(52)66(56)43-29-30-46-45-17-12-14-21-49(45)63(10,11)50(46)37-43/h12-37H,1-11H3. The van der Waals surface area contributed by atoms with E-state index >= 15 is 0 Å². The molecule has 0 amide bonds. The summed E-state index contributed by atoms with van der Waals surface area (Å²) < 4.78 is 6.55. The van der Waals surface area contributed by atoms with Gasteiger partial charge in [-0.1, -0.05) is 179 Å². The fraction of sp³-hybridized carbons (Fsp3) is 0.238. The second-order valence-electron chi connectivity index (χ2n) is 23.1. The number of hydrogen-bond acceptors (Lipinski definition) is 3. The molecule has 0 spiro atoms. The molecule has 0 unspecified atom stereocenters. The van der Waals surface area contributed by atoms with Gasteiger partial charge in [0.05, 0.1) is 0 Å². The van der Waals surface area contributed by atoms with Crippen LogP contribution in [0, 0.1) is 0 Å². The Hall–Kier alpha value is -6.78. The molecule has 8 aromatic carbocycles. The Kier molecular flexibility index (Phi) is 8.78. The number of anilines is 6. The summed E-state index contributed by atoms with van der Waals surface area (Å²) in [7, 11) is 0. The second kappa shape index (κ2) is 14.1. The third-order valence-corrected chi connectivity index (χ3v) is 15.3. The second-order valence-corrected chi connectivity index (χ2v) is 23.1. The average molecular weight is 871 g/mol. The normalized spacial score (nSPS) is 14.8. The van der Waals surface area contributed by atoms with Crippen LogP contribution in [-0.4, -0.2) is 6.71 Å². The van der Waals surface area contributed by atoms with E-state index < -0.39 is 0 Å². The SMILES string of the molecule is CC(C)(C)c1ccc2c(c1)N(c1ccc(-c3cccc4c3oc3ccccc34)cc1)c1cc(C(C)(C)C)cc3c1B2c1ccc(C(C)(C)C)cc1N3c1ccc2c(c1)C(C)(C)c1ccccc1-2. The first-order valence-corrected chi connectivity index (χ1v) is 24.2. The van der Waals surface area contributed by atoms with E-state index in [0.717, 1.165) is 38.8 Å². The molecule has 1 aromatic heterocycles. The van der Waals surface area contributed by atoms with Crippen LogP contribution < -0.4 is 26.2 Å². The molecular weight excluding hydrogens is 812 g/mol. The van der Waals surface area contributed by atoms with Gasteiger partial charge in [0.1, 0.15) is 11.2 Å². The van der Waals surface area contributed by atoms with Gasteiger partial charge in [-0.05, 0) is 132 Å². The summed E-state index contributed by atoms with van der Waals surface area (Å²) in [6.07, 6.45) is 0. The topological polar surface area (TPSA) is 19.6 Å². The van der Waals surface area contributed by atoms with Crippen molar-refractivity contribution in [3.63, 3.8) is 0 Å². The van der Waals surface area contributed by atoms with Crippen LogP contribution in [0.25, 0.3) is 44.2 Å². The highest BCUT2D eigenvalue weighted by Crippen LogP contribution is 2.52. The summed E-state index contributed by atoms with van der Waals surface area (Å²) in [6.45, 7) is 25.9. The Morgan fingerprint density at radius 2 is 0.955 bits per heavy atom. The molecule has 9 aromatic rings. The molecule has 2 aliphatic heterocycles. The van der Waals surface area contributed by atoms with Crippen LogP contribution in [-0.2, 0) is 21.7 Å². The number of rotatable bonds is 3. The van der Waals surface area contributed by atoms with Crippen LogP contribution in [0.4, 0.5) is 34.1 Å². The highest BCUT2D eigenvalue weighted by Gasteiger charge is 2.45. The average Bonchev–Trinajstić information content (AvgIpc) is 3.79. The molecule has 0 atom stereocenters. The number of benzene rings is 8. The van der Waals surface area contributed by atoms with E-state index in [9.17, 15) is 0 Å². The van der Waals surface area contributed by atoms with Crippen molar-refractivity contribution in [2.24, 2.45) is 0 Å². The third-order valence-electron chi connectivity index (χ3n) is 15.3. The van der Waals surface area contributed by atoms with Crippen molar-refractivity contribution in [1.82, 2.24) is 0 Å². The largest absolute Gasteiger partial charge is 0.455 e. The predicted molar refractivity (Wildman–Crippen MR) is 287 cm³/mol. The maximum absolute atomic E-state index is 6.55. The van der Waals surface area contributed by atoms with Gasteiger partial charge >= 0.3 is 0 Å². The maximum Gasteiger partial charge on any atom is 0.252 e. The fourth-order valence-electron chi connectivity index (χ4n) is 11.5. The molecule has 0 radical (unpaired) electrons. The molecular formula is C63H59BN2O. The van der Waals surface area contributed by atoms with E-state index in [1.54, 1.807) is 0 Å². The van der Waals surface area contributed by atoms with E-state index in [0.29, 0.717) is 0 Å². The van der Waals surface area contributed by atoms with Gasteiger partial charge in [0.15, 0.2) is 0 Å². The monoisotopic (exact) mass is 870 g/mol. The minimum atomic E-state index is -0.133. The molecule has 67 heavy (non-hydrogen) atoms. The quantitative estimate of drug-likeness (QED) is 0.165. The zero-order valence-electron chi connectivity index (χ0n) is 40.9. The van der Waals surface area contributed by atoms with Crippen LogP contribution in [0.5, 0.6) is 0 Å².